The van der Waals surface area contributed by atoms with Crippen molar-refractivity contribution in [1.82, 2.24) is 19.6 Å². The molecule has 1 saturated heterocycles. The van der Waals surface area contributed by atoms with Crippen LogP contribution in [0.25, 0.3) is 11.4 Å². The van der Waals surface area contributed by atoms with Crippen molar-refractivity contribution in [2.45, 2.75) is 45.4 Å². The number of benzene rings is 1. The predicted molar refractivity (Wildman–Crippen MR) is 124 cm³/mol. The Morgan fingerprint density at radius 1 is 1.29 bits per heavy atom. The van der Waals surface area contributed by atoms with E-state index in [9.17, 15) is 14.3 Å². The summed E-state index contributed by atoms with van der Waals surface area (Å²) in [7, 11) is 0. The van der Waals surface area contributed by atoms with Crippen LogP contribution in [0.1, 0.15) is 53.0 Å². The fourth-order valence-corrected chi connectivity index (χ4v) is 4.48. The van der Waals surface area contributed by atoms with Gasteiger partial charge in [-0.3, -0.25) is 9.69 Å². The highest BCUT2D eigenvalue weighted by Gasteiger charge is 2.29. The van der Waals surface area contributed by atoms with Crippen LogP contribution in [0.15, 0.2) is 22.7 Å². The number of ether oxygens (including phenoxy) is 1. The van der Waals surface area contributed by atoms with Gasteiger partial charge in [0.25, 0.3) is 5.91 Å². The molecule has 35 heavy (non-hydrogen) atoms. The SMILES string of the molecule is Cc1cc(C(C)(O)C#Cc2cc3c(cc2F)OCCn2c-3nc(C(N)=O)c2CN2CCCC2)no1. The Labute approximate surface area is 201 Å². The number of hydrogen-bond acceptors (Lipinski definition) is 7. The summed E-state index contributed by atoms with van der Waals surface area (Å²) >= 11 is 0. The Bertz CT molecular complexity index is 1360. The Hall–Kier alpha value is -3.68. The number of carbonyl (C=O) groups excluding carboxylic acids is 1. The lowest BCUT2D eigenvalue weighted by Crippen LogP contribution is -2.24. The number of nitrogens with zero attached hydrogens (tertiary/aromatic N) is 4. The number of rotatable bonds is 4. The first-order valence-electron chi connectivity index (χ1n) is 11.5. The average molecular weight is 480 g/mol. The van der Waals surface area contributed by atoms with Gasteiger partial charge < -0.3 is 24.7 Å². The van der Waals surface area contributed by atoms with E-state index in [1.54, 1.807) is 13.0 Å². The molecule has 3 N–H and O–H groups in total. The Morgan fingerprint density at radius 3 is 2.74 bits per heavy atom. The van der Waals surface area contributed by atoms with E-state index in [-0.39, 0.29) is 23.6 Å². The molecule has 0 radical (unpaired) electrons. The van der Waals surface area contributed by atoms with Crippen molar-refractivity contribution in [1.29, 1.82) is 0 Å². The minimum absolute atomic E-state index is 0.0472. The zero-order chi connectivity index (χ0) is 24.7. The highest BCUT2D eigenvalue weighted by molar-refractivity contribution is 5.93. The molecule has 2 aliphatic heterocycles. The molecule has 182 valence electrons. The highest BCUT2D eigenvalue weighted by atomic mass is 19.1. The number of primary amides is 1. The summed E-state index contributed by atoms with van der Waals surface area (Å²) in [5, 5.41) is 14.5. The van der Waals surface area contributed by atoms with E-state index in [1.807, 2.05) is 4.57 Å². The fourth-order valence-electron chi connectivity index (χ4n) is 4.48. The quantitative estimate of drug-likeness (QED) is 0.551. The summed E-state index contributed by atoms with van der Waals surface area (Å²) in [6.45, 7) is 6.32. The number of aliphatic hydroxyl groups is 1. The molecule has 9 nitrogen and oxygen atoms in total. The van der Waals surface area contributed by atoms with Crippen LogP contribution in [-0.2, 0) is 18.7 Å². The fraction of sp³-hybridized carbons (Fsp3) is 0.400. The Kier molecular flexibility index (Phi) is 5.83. The molecule has 1 fully saturated rings. The Balaban J connectivity index is 1.58. The van der Waals surface area contributed by atoms with E-state index in [0.29, 0.717) is 36.0 Å². The first-order valence-corrected chi connectivity index (χ1v) is 11.5. The van der Waals surface area contributed by atoms with Gasteiger partial charge in [0, 0.05) is 18.7 Å². The minimum Gasteiger partial charge on any atom is -0.491 e. The molecule has 1 aromatic carbocycles. The van der Waals surface area contributed by atoms with E-state index in [2.05, 4.69) is 26.9 Å². The van der Waals surface area contributed by atoms with Crippen LogP contribution >= 0.6 is 0 Å². The molecule has 1 atom stereocenters. The molecule has 0 bridgehead atoms. The number of hydrogen-bond donors (Lipinski definition) is 2. The van der Waals surface area contributed by atoms with Gasteiger partial charge in [-0.15, -0.1) is 0 Å². The van der Waals surface area contributed by atoms with E-state index in [0.717, 1.165) is 31.6 Å². The van der Waals surface area contributed by atoms with Crippen molar-refractivity contribution in [2.75, 3.05) is 19.7 Å². The molecule has 0 aliphatic carbocycles. The number of nitrogens with two attached hydrogens (primary N) is 1. The van der Waals surface area contributed by atoms with Crippen LogP contribution in [-0.4, -0.2) is 50.3 Å². The van der Waals surface area contributed by atoms with Gasteiger partial charge in [-0.25, -0.2) is 9.37 Å². The molecular formula is C25H26FN5O4. The molecule has 1 unspecified atom stereocenters. The third-order valence-corrected chi connectivity index (χ3v) is 6.33. The van der Waals surface area contributed by atoms with Crippen molar-refractivity contribution in [3.8, 4) is 29.0 Å². The second-order valence-electron chi connectivity index (χ2n) is 9.05. The van der Waals surface area contributed by atoms with Crippen molar-refractivity contribution < 1.29 is 23.6 Å². The van der Waals surface area contributed by atoms with Gasteiger partial charge in [0.05, 0.1) is 23.4 Å². The molecule has 0 spiro atoms. The summed E-state index contributed by atoms with van der Waals surface area (Å²) in [5.41, 5.74) is 5.75. The summed E-state index contributed by atoms with van der Waals surface area (Å²) in [6, 6.07) is 4.35. The standard InChI is InChI=1S/C25H26FN5O4/c1-15-11-21(29-35-15)25(2,33)6-5-16-12-17-20(13-18(16)26)34-10-9-31-19(14-30-7-3-4-8-30)22(23(27)32)28-24(17)31/h11-13,33H,3-4,7-10,14H2,1-2H3,(H2,27,32). The van der Waals surface area contributed by atoms with Crippen LogP contribution in [0.2, 0.25) is 0 Å². The summed E-state index contributed by atoms with van der Waals surface area (Å²) < 4.78 is 27.7. The van der Waals surface area contributed by atoms with E-state index in [4.69, 9.17) is 15.0 Å². The summed E-state index contributed by atoms with van der Waals surface area (Å²) in [6.07, 6.45) is 2.22. The van der Waals surface area contributed by atoms with Gasteiger partial charge in [0.2, 0.25) is 0 Å². The lowest BCUT2D eigenvalue weighted by Gasteiger charge is -2.17. The van der Waals surface area contributed by atoms with Crippen LogP contribution in [0.3, 0.4) is 0 Å². The first-order chi connectivity index (χ1) is 16.7. The zero-order valence-electron chi connectivity index (χ0n) is 19.6. The number of carbonyl (C=O) groups is 1. The van der Waals surface area contributed by atoms with E-state index >= 15 is 0 Å². The van der Waals surface area contributed by atoms with Gasteiger partial charge in [-0.2, -0.15) is 0 Å². The third-order valence-electron chi connectivity index (χ3n) is 6.33. The number of likely N-dealkylation sites (tertiary alicyclic amines) is 1. The van der Waals surface area contributed by atoms with Crippen molar-refractivity contribution in [3.63, 3.8) is 0 Å². The van der Waals surface area contributed by atoms with Crippen LogP contribution in [0.5, 0.6) is 5.75 Å². The molecule has 2 aliphatic rings. The minimum atomic E-state index is -1.64. The summed E-state index contributed by atoms with van der Waals surface area (Å²) in [4.78, 5) is 19.1. The van der Waals surface area contributed by atoms with Crippen molar-refractivity contribution in [3.05, 3.63) is 52.4 Å². The van der Waals surface area contributed by atoms with Crippen LogP contribution in [0, 0.1) is 24.6 Å². The van der Waals surface area contributed by atoms with E-state index < -0.39 is 17.3 Å². The highest BCUT2D eigenvalue weighted by Crippen LogP contribution is 2.36. The predicted octanol–water partition coefficient (Wildman–Crippen LogP) is 2.33. The van der Waals surface area contributed by atoms with Gasteiger partial charge in [-0.1, -0.05) is 17.0 Å². The van der Waals surface area contributed by atoms with Crippen molar-refractivity contribution in [2.24, 2.45) is 5.73 Å². The number of aromatic nitrogens is 3. The molecule has 2 aromatic heterocycles. The molecule has 10 heteroatoms. The molecular weight excluding hydrogens is 453 g/mol. The molecule has 5 rings (SSSR count). The van der Waals surface area contributed by atoms with Crippen molar-refractivity contribution >= 4 is 5.91 Å². The maximum Gasteiger partial charge on any atom is 0.269 e. The number of amides is 1. The molecule has 4 heterocycles. The normalized spacial score (nSPS) is 16.9. The van der Waals surface area contributed by atoms with Gasteiger partial charge in [0.1, 0.15) is 35.5 Å². The molecule has 0 saturated carbocycles. The maximum absolute atomic E-state index is 14.9. The van der Waals surface area contributed by atoms with Crippen LogP contribution in [0.4, 0.5) is 4.39 Å². The monoisotopic (exact) mass is 479 g/mol. The number of halogens is 1. The maximum atomic E-state index is 14.9. The second-order valence-corrected chi connectivity index (χ2v) is 9.05. The molecule has 3 aromatic rings. The number of aryl methyl sites for hydroxylation is 1. The summed E-state index contributed by atoms with van der Waals surface area (Å²) in [5.74, 6) is 5.48. The van der Waals surface area contributed by atoms with Gasteiger partial charge >= 0.3 is 0 Å². The average Bonchev–Trinajstić information content (AvgIpc) is 3.53. The van der Waals surface area contributed by atoms with Gasteiger partial charge in [0.15, 0.2) is 11.3 Å². The number of imidazole rings is 1. The lowest BCUT2D eigenvalue weighted by atomic mass is 10.0. The third kappa shape index (κ3) is 4.40. The second kappa shape index (κ2) is 8.83. The van der Waals surface area contributed by atoms with E-state index in [1.165, 1.54) is 19.1 Å². The zero-order valence-corrected chi connectivity index (χ0v) is 19.6. The van der Waals surface area contributed by atoms with Gasteiger partial charge in [-0.05, 0) is 45.8 Å². The topological polar surface area (TPSA) is 120 Å². The largest absolute Gasteiger partial charge is 0.491 e. The first kappa shape index (κ1) is 23.1. The number of fused-ring (bicyclic) bond motifs is 3. The Morgan fingerprint density at radius 2 is 2.06 bits per heavy atom. The lowest BCUT2D eigenvalue weighted by molar-refractivity contribution is 0.0993. The smallest absolute Gasteiger partial charge is 0.269 e. The molecule has 1 amide bonds. The van der Waals surface area contributed by atoms with Crippen LogP contribution < -0.4 is 10.5 Å².